The maximum absolute atomic E-state index is 11.1. The van der Waals surface area contributed by atoms with Crippen molar-refractivity contribution in [2.75, 3.05) is 19.7 Å². The fourth-order valence-electron chi connectivity index (χ4n) is 1.89. The summed E-state index contributed by atoms with van der Waals surface area (Å²) in [4.78, 5) is 21.2. The number of non-ortho nitro benzene ring substituents is 1. The lowest BCUT2D eigenvalue weighted by Gasteiger charge is -2.24. The number of rotatable bonds is 3. The Morgan fingerprint density at radius 2 is 2.33 bits per heavy atom. The third kappa shape index (κ3) is 2.47. The predicted octanol–water partition coefficient (Wildman–Crippen LogP) is 0.954. The van der Waals surface area contributed by atoms with E-state index in [0.29, 0.717) is 25.3 Å². The molecule has 96 valence electrons. The molecule has 0 spiro atoms. The number of hydrogen-bond donors (Lipinski definition) is 2. The Hall–Kier alpha value is -1.99. The number of nitrogens with zero attached hydrogens (tertiary/aromatic N) is 1. The molecule has 1 saturated heterocycles. The maximum atomic E-state index is 11.1. The first-order chi connectivity index (χ1) is 8.59. The Morgan fingerprint density at radius 1 is 1.56 bits per heavy atom. The van der Waals surface area contributed by atoms with Crippen LogP contribution in [-0.4, -0.2) is 35.7 Å². The van der Waals surface area contributed by atoms with Gasteiger partial charge in [0.15, 0.2) is 0 Å². The predicted molar refractivity (Wildman–Crippen MR) is 61.6 cm³/mol. The lowest BCUT2D eigenvalue weighted by atomic mass is 10.0. The molecule has 2 N–H and O–H groups in total. The number of aromatic carboxylic acids is 1. The summed E-state index contributed by atoms with van der Waals surface area (Å²) in [6, 6.07) is 3.80. The number of nitro groups is 1. The first-order valence-corrected chi connectivity index (χ1v) is 5.43. The minimum Gasteiger partial charge on any atom is -0.478 e. The van der Waals surface area contributed by atoms with Crippen LogP contribution >= 0.6 is 0 Å². The molecule has 2 rings (SSSR count). The number of benzene rings is 1. The molecule has 1 heterocycles. The third-order valence-corrected chi connectivity index (χ3v) is 2.75. The fraction of sp³-hybridized carbons (Fsp3) is 0.364. The van der Waals surface area contributed by atoms with Crippen LogP contribution in [-0.2, 0) is 4.74 Å². The first kappa shape index (κ1) is 12.5. The second-order valence-electron chi connectivity index (χ2n) is 3.90. The molecule has 1 unspecified atom stereocenters. The van der Waals surface area contributed by atoms with Gasteiger partial charge in [0.2, 0.25) is 0 Å². The summed E-state index contributed by atoms with van der Waals surface area (Å²) in [6.07, 6.45) is -0.384. The van der Waals surface area contributed by atoms with Gasteiger partial charge in [-0.3, -0.25) is 10.1 Å². The average Bonchev–Trinajstić information content (AvgIpc) is 2.39. The van der Waals surface area contributed by atoms with Crippen molar-refractivity contribution in [3.05, 3.63) is 39.4 Å². The van der Waals surface area contributed by atoms with Crippen molar-refractivity contribution in [2.24, 2.45) is 0 Å². The highest BCUT2D eigenvalue weighted by Gasteiger charge is 2.24. The second-order valence-corrected chi connectivity index (χ2v) is 3.90. The van der Waals surface area contributed by atoms with Crippen molar-refractivity contribution < 1.29 is 19.6 Å². The number of carbonyl (C=O) groups is 1. The fourth-order valence-corrected chi connectivity index (χ4v) is 1.89. The van der Waals surface area contributed by atoms with Crippen molar-refractivity contribution >= 4 is 11.7 Å². The second kappa shape index (κ2) is 5.11. The van der Waals surface area contributed by atoms with Crippen molar-refractivity contribution in [3.8, 4) is 0 Å². The number of ether oxygens (including phenoxy) is 1. The molecular weight excluding hydrogens is 240 g/mol. The highest BCUT2D eigenvalue weighted by molar-refractivity contribution is 5.90. The van der Waals surface area contributed by atoms with Gasteiger partial charge in [-0.05, 0) is 11.6 Å². The van der Waals surface area contributed by atoms with Crippen molar-refractivity contribution in [1.29, 1.82) is 0 Å². The van der Waals surface area contributed by atoms with Crippen LogP contribution in [0.4, 0.5) is 5.69 Å². The molecule has 0 bridgehead atoms. The number of carboxylic acid groups (broad SMARTS) is 1. The minimum absolute atomic E-state index is 0.0853. The van der Waals surface area contributed by atoms with Crippen LogP contribution in [0.2, 0.25) is 0 Å². The molecule has 0 saturated carbocycles. The van der Waals surface area contributed by atoms with Crippen LogP contribution < -0.4 is 5.32 Å². The lowest BCUT2D eigenvalue weighted by Crippen LogP contribution is -2.34. The molecule has 1 fully saturated rings. The summed E-state index contributed by atoms with van der Waals surface area (Å²) >= 11 is 0. The van der Waals surface area contributed by atoms with E-state index in [1.54, 1.807) is 0 Å². The molecule has 1 aromatic rings. The zero-order chi connectivity index (χ0) is 13.1. The summed E-state index contributed by atoms with van der Waals surface area (Å²) in [5, 5.41) is 22.8. The molecule has 1 atom stereocenters. The third-order valence-electron chi connectivity index (χ3n) is 2.75. The maximum Gasteiger partial charge on any atom is 0.336 e. The van der Waals surface area contributed by atoms with Gasteiger partial charge in [0, 0.05) is 25.2 Å². The normalized spacial score (nSPS) is 19.4. The van der Waals surface area contributed by atoms with Gasteiger partial charge in [-0.25, -0.2) is 4.79 Å². The van der Waals surface area contributed by atoms with Gasteiger partial charge in [-0.15, -0.1) is 0 Å². The van der Waals surface area contributed by atoms with E-state index in [4.69, 9.17) is 9.84 Å². The van der Waals surface area contributed by atoms with E-state index >= 15 is 0 Å². The minimum atomic E-state index is -1.19. The highest BCUT2D eigenvalue weighted by atomic mass is 16.6. The van der Waals surface area contributed by atoms with Gasteiger partial charge in [-0.2, -0.15) is 0 Å². The van der Waals surface area contributed by atoms with E-state index < -0.39 is 10.9 Å². The zero-order valence-corrected chi connectivity index (χ0v) is 9.46. The van der Waals surface area contributed by atoms with Crippen LogP contribution in [0.15, 0.2) is 18.2 Å². The van der Waals surface area contributed by atoms with Crippen LogP contribution in [0.1, 0.15) is 22.0 Å². The van der Waals surface area contributed by atoms with E-state index in [0.717, 1.165) is 6.07 Å². The molecule has 7 heteroatoms. The Kier molecular flexibility index (Phi) is 3.54. The molecule has 1 aliphatic rings. The Bertz CT molecular complexity index is 482. The molecule has 0 radical (unpaired) electrons. The number of carboxylic acids is 1. The van der Waals surface area contributed by atoms with Crippen molar-refractivity contribution in [2.45, 2.75) is 6.10 Å². The Labute approximate surface area is 103 Å². The van der Waals surface area contributed by atoms with Crippen LogP contribution in [0.25, 0.3) is 0 Å². The zero-order valence-electron chi connectivity index (χ0n) is 9.46. The quantitative estimate of drug-likeness (QED) is 0.613. The lowest BCUT2D eigenvalue weighted by molar-refractivity contribution is -0.384. The van der Waals surface area contributed by atoms with Gasteiger partial charge in [0.25, 0.3) is 5.69 Å². The first-order valence-electron chi connectivity index (χ1n) is 5.43. The summed E-state index contributed by atoms with van der Waals surface area (Å²) in [5.41, 5.74) is 0.137. The van der Waals surface area contributed by atoms with E-state index in [1.165, 1.54) is 12.1 Å². The number of hydrogen-bond acceptors (Lipinski definition) is 5. The van der Waals surface area contributed by atoms with Crippen molar-refractivity contribution in [3.63, 3.8) is 0 Å². The molecule has 0 amide bonds. The van der Waals surface area contributed by atoms with E-state index in [1.807, 2.05) is 0 Å². The standard InChI is InChI=1S/C11H12N2O5/c14-11(15)9-5-7(13(16)17)1-2-8(9)10-6-12-3-4-18-10/h1-2,5,10,12H,3-4,6H2,(H,14,15). The largest absolute Gasteiger partial charge is 0.478 e. The van der Waals surface area contributed by atoms with Gasteiger partial charge in [-0.1, -0.05) is 0 Å². The van der Waals surface area contributed by atoms with Crippen molar-refractivity contribution in [1.82, 2.24) is 5.32 Å². The number of morpholine rings is 1. The van der Waals surface area contributed by atoms with E-state index in [-0.39, 0.29) is 17.4 Å². The Balaban J connectivity index is 2.39. The molecule has 1 aliphatic heterocycles. The SMILES string of the molecule is O=C(O)c1cc([N+](=O)[O-])ccc1C1CNCCO1. The molecule has 7 nitrogen and oxygen atoms in total. The summed E-state index contributed by atoms with van der Waals surface area (Å²) in [6.45, 7) is 1.70. The topological polar surface area (TPSA) is 102 Å². The number of nitrogens with one attached hydrogen (secondary N) is 1. The monoisotopic (exact) mass is 252 g/mol. The molecule has 0 aliphatic carbocycles. The van der Waals surface area contributed by atoms with Crippen LogP contribution in [0, 0.1) is 10.1 Å². The highest BCUT2D eigenvalue weighted by Crippen LogP contribution is 2.26. The van der Waals surface area contributed by atoms with E-state index in [9.17, 15) is 14.9 Å². The van der Waals surface area contributed by atoms with Crippen LogP contribution in [0.3, 0.4) is 0 Å². The summed E-state index contributed by atoms with van der Waals surface area (Å²) in [5.74, 6) is -1.19. The van der Waals surface area contributed by atoms with Gasteiger partial charge < -0.3 is 15.2 Å². The average molecular weight is 252 g/mol. The van der Waals surface area contributed by atoms with Gasteiger partial charge in [0.05, 0.1) is 23.2 Å². The van der Waals surface area contributed by atoms with E-state index in [2.05, 4.69) is 5.32 Å². The summed E-state index contributed by atoms with van der Waals surface area (Å²) < 4.78 is 5.46. The van der Waals surface area contributed by atoms with Gasteiger partial charge in [0.1, 0.15) is 0 Å². The molecular formula is C11H12N2O5. The smallest absolute Gasteiger partial charge is 0.336 e. The Morgan fingerprint density at radius 3 is 2.89 bits per heavy atom. The number of nitro benzene ring substituents is 1. The molecule has 18 heavy (non-hydrogen) atoms. The molecule has 1 aromatic carbocycles. The van der Waals surface area contributed by atoms with Gasteiger partial charge >= 0.3 is 5.97 Å². The van der Waals surface area contributed by atoms with Crippen LogP contribution in [0.5, 0.6) is 0 Å². The summed E-state index contributed by atoms with van der Waals surface area (Å²) in [7, 11) is 0. The molecule has 0 aromatic heterocycles.